The zero-order valence-corrected chi connectivity index (χ0v) is 14.4. The van der Waals surface area contributed by atoms with Gasteiger partial charge in [-0.1, -0.05) is 23.8 Å². The molecule has 2 aromatic carbocycles. The second kappa shape index (κ2) is 6.02. The number of hydrogen-bond donors (Lipinski definition) is 0. The molecular formula is C20H18N4O. The summed E-state index contributed by atoms with van der Waals surface area (Å²) < 4.78 is 7.81. The van der Waals surface area contributed by atoms with Gasteiger partial charge in [0.25, 0.3) is 0 Å². The molecule has 124 valence electrons. The van der Waals surface area contributed by atoms with E-state index in [4.69, 9.17) is 4.74 Å². The molecule has 0 saturated carbocycles. The molecule has 4 rings (SSSR count). The Balaban J connectivity index is 1.77. The zero-order valence-electron chi connectivity index (χ0n) is 14.4. The third-order valence-corrected chi connectivity index (χ3v) is 4.02. The van der Waals surface area contributed by atoms with E-state index in [1.165, 1.54) is 11.9 Å². The van der Waals surface area contributed by atoms with Crippen molar-refractivity contribution in [2.45, 2.75) is 20.8 Å². The fourth-order valence-corrected chi connectivity index (χ4v) is 2.88. The number of ether oxygens (including phenoxy) is 1. The second-order valence-corrected chi connectivity index (χ2v) is 6.23. The van der Waals surface area contributed by atoms with Crippen molar-refractivity contribution in [2.24, 2.45) is 0 Å². The van der Waals surface area contributed by atoms with Crippen molar-refractivity contribution in [3.63, 3.8) is 0 Å². The number of nitrogens with zero attached hydrogens (tertiary/aromatic N) is 4. The van der Waals surface area contributed by atoms with E-state index in [0.717, 1.165) is 33.6 Å². The first-order valence-electron chi connectivity index (χ1n) is 8.12. The molecule has 0 radical (unpaired) electrons. The summed E-state index contributed by atoms with van der Waals surface area (Å²) in [7, 11) is 0. The first-order chi connectivity index (χ1) is 12.1. The van der Waals surface area contributed by atoms with Gasteiger partial charge in [0.15, 0.2) is 5.65 Å². The van der Waals surface area contributed by atoms with Crippen LogP contribution < -0.4 is 4.74 Å². The average Bonchev–Trinajstić information content (AvgIpc) is 3.00. The summed E-state index contributed by atoms with van der Waals surface area (Å²) in [5, 5.41) is 5.25. The Morgan fingerprint density at radius 3 is 2.28 bits per heavy atom. The van der Waals surface area contributed by atoms with Crippen LogP contribution in [-0.4, -0.2) is 19.7 Å². The van der Waals surface area contributed by atoms with Gasteiger partial charge in [0.05, 0.1) is 11.9 Å². The van der Waals surface area contributed by atoms with Gasteiger partial charge in [-0.2, -0.15) is 5.10 Å². The van der Waals surface area contributed by atoms with Gasteiger partial charge in [0, 0.05) is 0 Å². The fraction of sp³-hybridized carbons (Fsp3) is 0.150. The van der Waals surface area contributed by atoms with Crippen LogP contribution in [0.4, 0.5) is 0 Å². The zero-order chi connectivity index (χ0) is 17.4. The lowest BCUT2D eigenvalue weighted by Crippen LogP contribution is -1.98. The second-order valence-electron chi connectivity index (χ2n) is 6.23. The first kappa shape index (κ1) is 15.3. The molecule has 0 spiro atoms. The summed E-state index contributed by atoms with van der Waals surface area (Å²) in [5.41, 5.74) is 5.18. The van der Waals surface area contributed by atoms with Crippen LogP contribution in [0.2, 0.25) is 0 Å². The summed E-state index contributed by atoms with van der Waals surface area (Å²) in [5.74, 6) is 1.27. The molecule has 0 atom stereocenters. The molecule has 0 aliphatic carbocycles. The minimum Gasteiger partial charge on any atom is -0.438 e. The molecule has 2 heterocycles. The monoisotopic (exact) mass is 330 g/mol. The predicted octanol–water partition coefficient (Wildman–Crippen LogP) is 4.53. The maximum Gasteiger partial charge on any atom is 0.233 e. The van der Waals surface area contributed by atoms with Crippen molar-refractivity contribution in [2.75, 3.05) is 0 Å². The topological polar surface area (TPSA) is 52.8 Å². The Labute approximate surface area is 145 Å². The molecule has 0 bridgehead atoms. The molecule has 0 aliphatic rings. The molecule has 0 unspecified atom stereocenters. The van der Waals surface area contributed by atoms with Gasteiger partial charge in [-0.3, -0.25) is 0 Å². The molecule has 0 aliphatic heterocycles. The average molecular weight is 330 g/mol. The Kier molecular flexibility index (Phi) is 3.69. The summed E-state index contributed by atoms with van der Waals surface area (Å²) in [6.45, 7) is 6.15. The van der Waals surface area contributed by atoms with Crippen LogP contribution in [0.3, 0.4) is 0 Å². The van der Waals surface area contributed by atoms with Crippen LogP contribution in [-0.2, 0) is 0 Å². The first-order valence-corrected chi connectivity index (χ1v) is 8.12. The van der Waals surface area contributed by atoms with Crippen molar-refractivity contribution in [3.05, 3.63) is 71.7 Å². The SMILES string of the molecule is Cc1ccc(-n2ncc3c(Oc4cc(C)cc(C)c4)ncnc32)cc1. The quantitative estimate of drug-likeness (QED) is 0.554. The summed E-state index contributed by atoms with van der Waals surface area (Å²) in [4.78, 5) is 8.68. The number of aryl methyl sites for hydroxylation is 3. The molecule has 2 aromatic heterocycles. The number of aromatic nitrogens is 4. The number of rotatable bonds is 3. The van der Waals surface area contributed by atoms with E-state index < -0.39 is 0 Å². The minimum atomic E-state index is 0.508. The van der Waals surface area contributed by atoms with Crippen LogP contribution in [0.5, 0.6) is 11.6 Å². The summed E-state index contributed by atoms with van der Waals surface area (Å²) >= 11 is 0. The van der Waals surface area contributed by atoms with Gasteiger partial charge < -0.3 is 4.74 Å². The van der Waals surface area contributed by atoms with Crippen LogP contribution in [0.1, 0.15) is 16.7 Å². The van der Waals surface area contributed by atoms with E-state index in [-0.39, 0.29) is 0 Å². The Morgan fingerprint density at radius 1 is 0.840 bits per heavy atom. The Hall–Kier alpha value is -3.21. The molecular weight excluding hydrogens is 312 g/mol. The van der Waals surface area contributed by atoms with E-state index in [2.05, 4.69) is 40.2 Å². The minimum absolute atomic E-state index is 0.508. The van der Waals surface area contributed by atoms with Crippen LogP contribution in [0.15, 0.2) is 55.0 Å². The van der Waals surface area contributed by atoms with E-state index in [1.54, 1.807) is 10.9 Å². The largest absolute Gasteiger partial charge is 0.438 e. The lowest BCUT2D eigenvalue weighted by atomic mass is 10.1. The standard InChI is InChI=1S/C20H18N4O/c1-13-4-6-16(7-5-13)24-19-18(11-23-24)20(22-12-21-19)25-17-9-14(2)8-15(3)10-17/h4-12H,1-3H3. The van der Waals surface area contributed by atoms with Gasteiger partial charge in [0.2, 0.25) is 5.88 Å². The third kappa shape index (κ3) is 2.96. The molecule has 0 N–H and O–H groups in total. The molecule has 0 saturated heterocycles. The normalized spacial score (nSPS) is 11.0. The maximum absolute atomic E-state index is 6.02. The molecule has 4 aromatic rings. The van der Waals surface area contributed by atoms with Gasteiger partial charge in [-0.05, 0) is 56.2 Å². The number of fused-ring (bicyclic) bond motifs is 1. The summed E-state index contributed by atoms with van der Waals surface area (Å²) in [6.07, 6.45) is 3.25. The van der Waals surface area contributed by atoms with Gasteiger partial charge in [-0.25, -0.2) is 14.6 Å². The molecule has 0 fully saturated rings. The Bertz CT molecular complexity index is 1030. The highest BCUT2D eigenvalue weighted by molar-refractivity contribution is 5.81. The highest BCUT2D eigenvalue weighted by Gasteiger charge is 2.13. The lowest BCUT2D eigenvalue weighted by Gasteiger charge is -2.08. The van der Waals surface area contributed by atoms with E-state index >= 15 is 0 Å². The van der Waals surface area contributed by atoms with E-state index in [1.807, 2.05) is 38.1 Å². The third-order valence-electron chi connectivity index (χ3n) is 4.02. The van der Waals surface area contributed by atoms with Gasteiger partial charge in [-0.15, -0.1) is 0 Å². The molecule has 25 heavy (non-hydrogen) atoms. The van der Waals surface area contributed by atoms with Crippen molar-refractivity contribution >= 4 is 11.0 Å². The Morgan fingerprint density at radius 2 is 1.56 bits per heavy atom. The molecule has 5 nitrogen and oxygen atoms in total. The summed E-state index contributed by atoms with van der Waals surface area (Å²) in [6, 6.07) is 14.2. The number of hydrogen-bond acceptors (Lipinski definition) is 4. The predicted molar refractivity (Wildman–Crippen MR) is 97.4 cm³/mol. The van der Waals surface area contributed by atoms with E-state index in [0.29, 0.717) is 5.88 Å². The fourth-order valence-electron chi connectivity index (χ4n) is 2.88. The molecule has 5 heteroatoms. The van der Waals surface area contributed by atoms with Gasteiger partial charge in [0.1, 0.15) is 17.5 Å². The van der Waals surface area contributed by atoms with Crippen LogP contribution in [0, 0.1) is 20.8 Å². The highest BCUT2D eigenvalue weighted by atomic mass is 16.5. The lowest BCUT2D eigenvalue weighted by molar-refractivity contribution is 0.467. The van der Waals surface area contributed by atoms with Crippen molar-refractivity contribution in [1.82, 2.24) is 19.7 Å². The van der Waals surface area contributed by atoms with Crippen molar-refractivity contribution in [3.8, 4) is 17.3 Å². The van der Waals surface area contributed by atoms with Crippen molar-refractivity contribution < 1.29 is 4.74 Å². The maximum atomic E-state index is 6.02. The highest BCUT2D eigenvalue weighted by Crippen LogP contribution is 2.28. The van der Waals surface area contributed by atoms with Gasteiger partial charge >= 0.3 is 0 Å². The molecule has 0 amide bonds. The van der Waals surface area contributed by atoms with Crippen molar-refractivity contribution in [1.29, 1.82) is 0 Å². The van der Waals surface area contributed by atoms with E-state index in [9.17, 15) is 0 Å². The van der Waals surface area contributed by atoms with Crippen LogP contribution >= 0.6 is 0 Å². The number of benzene rings is 2. The van der Waals surface area contributed by atoms with Crippen LogP contribution in [0.25, 0.3) is 16.7 Å². The smallest absolute Gasteiger partial charge is 0.233 e.